The van der Waals surface area contributed by atoms with Crippen LogP contribution in [0.3, 0.4) is 0 Å². The van der Waals surface area contributed by atoms with Gasteiger partial charge in [0.15, 0.2) is 0 Å². The Bertz CT molecular complexity index is 458. The Labute approximate surface area is 106 Å². The highest BCUT2D eigenvalue weighted by Gasteiger charge is 2.15. The van der Waals surface area contributed by atoms with Crippen LogP contribution in [0.5, 0.6) is 0 Å². The zero-order valence-corrected chi connectivity index (χ0v) is 10.6. The standard InChI is InChI=1S/C13H18N2O3/c1-8(6-7-14)12(16)15-11-5-3-4-10(9(11)2)13(17)18/h3-5,8H,6-7,14H2,1-2H3,(H,15,16)(H,17,18). The molecule has 0 saturated carbocycles. The van der Waals surface area contributed by atoms with Gasteiger partial charge < -0.3 is 16.2 Å². The third-order valence-electron chi connectivity index (χ3n) is 2.87. The van der Waals surface area contributed by atoms with E-state index in [1.165, 1.54) is 6.07 Å². The fourth-order valence-electron chi connectivity index (χ4n) is 1.64. The molecule has 1 unspecified atom stereocenters. The van der Waals surface area contributed by atoms with Gasteiger partial charge in [-0.15, -0.1) is 0 Å². The topological polar surface area (TPSA) is 92.4 Å². The van der Waals surface area contributed by atoms with Gasteiger partial charge in [0.2, 0.25) is 5.91 Å². The van der Waals surface area contributed by atoms with E-state index in [1.807, 2.05) is 0 Å². The molecular formula is C13H18N2O3. The van der Waals surface area contributed by atoms with Crippen LogP contribution in [0.15, 0.2) is 18.2 Å². The summed E-state index contributed by atoms with van der Waals surface area (Å²) >= 11 is 0. The largest absolute Gasteiger partial charge is 0.478 e. The minimum absolute atomic E-state index is 0.147. The number of amides is 1. The van der Waals surface area contributed by atoms with Crippen molar-refractivity contribution < 1.29 is 14.7 Å². The number of nitrogens with two attached hydrogens (primary N) is 1. The Morgan fingerprint density at radius 1 is 1.44 bits per heavy atom. The number of carbonyl (C=O) groups excluding carboxylic acids is 1. The van der Waals surface area contributed by atoms with Crippen molar-refractivity contribution in [2.24, 2.45) is 11.7 Å². The molecular weight excluding hydrogens is 232 g/mol. The SMILES string of the molecule is Cc1c(NC(=O)C(C)CCN)cccc1C(=O)O. The van der Waals surface area contributed by atoms with Crippen molar-refractivity contribution in [2.75, 3.05) is 11.9 Å². The third-order valence-corrected chi connectivity index (χ3v) is 2.87. The molecule has 0 radical (unpaired) electrons. The number of rotatable bonds is 5. The van der Waals surface area contributed by atoms with Crippen molar-refractivity contribution in [3.8, 4) is 0 Å². The first-order chi connectivity index (χ1) is 8.47. The van der Waals surface area contributed by atoms with E-state index < -0.39 is 5.97 Å². The van der Waals surface area contributed by atoms with Gasteiger partial charge in [0.1, 0.15) is 0 Å². The average Bonchev–Trinajstić information content (AvgIpc) is 2.31. The van der Waals surface area contributed by atoms with Crippen LogP contribution < -0.4 is 11.1 Å². The zero-order chi connectivity index (χ0) is 13.7. The lowest BCUT2D eigenvalue weighted by Gasteiger charge is -2.14. The van der Waals surface area contributed by atoms with Gasteiger partial charge in [-0.25, -0.2) is 4.79 Å². The summed E-state index contributed by atoms with van der Waals surface area (Å²) in [6.45, 7) is 3.91. The molecule has 98 valence electrons. The second-order valence-electron chi connectivity index (χ2n) is 4.25. The van der Waals surface area contributed by atoms with Crippen LogP contribution in [0, 0.1) is 12.8 Å². The summed E-state index contributed by atoms with van der Waals surface area (Å²) in [5.74, 6) is -1.34. The monoisotopic (exact) mass is 250 g/mol. The van der Waals surface area contributed by atoms with Crippen LogP contribution in [-0.4, -0.2) is 23.5 Å². The number of aromatic carboxylic acids is 1. The summed E-state index contributed by atoms with van der Waals surface area (Å²) in [7, 11) is 0. The van der Waals surface area contributed by atoms with Gasteiger partial charge in [-0.05, 0) is 37.6 Å². The molecule has 0 aromatic heterocycles. The van der Waals surface area contributed by atoms with Crippen molar-refractivity contribution in [3.05, 3.63) is 29.3 Å². The second kappa shape index (κ2) is 6.16. The van der Waals surface area contributed by atoms with Crippen molar-refractivity contribution in [2.45, 2.75) is 20.3 Å². The number of anilines is 1. The molecule has 5 nitrogen and oxygen atoms in total. The van der Waals surface area contributed by atoms with Crippen molar-refractivity contribution in [3.63, 3.8) is 0 Å². The van der Waals surface area contributed by atoms with Crippen LogP contribution >= 0.6 is 0 Å². The molecule has 4 N–H and O–H groups in total. The Morgan fingerprint density at radius 3 is 2.67 bits per heavy atom. The maximum atomic E-state index is 11.8. The number of carboxylic acid groups (broad SMARTS) is 1. The van der Waals surface area contributed by atoms with E-state index in [0.717, 1.165) is 0 Å². The highest BCUT2D eigenvalue weighted by atomic mass is 16.4. The molecule has 0 spiro atoms. The van der Waals surface area contributed by atoms with Crippen molar-refractivity contribution in [1.82, 2.24) is 0 Å². The molecule has 1 rings (SSSR count). The number of nitrogens with one attached hydrogen (secondary N) is 1. The van der Waals surface area contributed by atoms with E-state index in [1.54, 1.807) is 26.0 Å². The zero-order valence-electron chi connectivity index (χ0n) is 10.6. The fourth-order valence-corrected chi connectivity index (χ4v) is 1.64. The molecule has 5 heteroatoms. The van der Waals surface area contributed by atoms with Gasteiger partial charge in [0, 0.05) is 11.6 Å². The number of benzene rings is 1. The first kappa shape index (κ1) is 14.2. The third kappa shape index (κ3) is 3.30. The normalized spacial score (nSPS) is 11.9. The minimum atomic E-state index is -1.00. The van der Waals surface area contributed by atoms with E-state index in [0.29, 0.717) is 24.2 Å². The Hall–Kier alpha value is -1.88. The summed E-state index contributed by atoms with van der Waals surface area (Å²) in [5, 5.41) is 11.7. The molecule has 0 heterocycles. The van der Waals surface area contributed by atoms with E-state index in [9.17, 15) is 9.59 Å². The van der Waals surface area contributed by atoms with E-state index in [4.69, 9.17) is 10.8 Å². The molecule has 0 aliphatic heterocycles. The predicted molar refractivity (Wildman–Crippen MR) is 69.6 cm³/mol. The summed E-state index contributed by atoms with van der Waals surface area (Å²) in [4.78, 5) is 22.8. The summed E-state index contributed by atoms with van der Waals surface area (Å²) < 4.78 is 0. The smallest absolute Gasteiger partial charge is 0.336 e. The number of carbonyl (C=O) groups is 2. The highest BCUT2D eigenvalue weighted by Crippen LogP contribution is 2.20. The van der Waals surface area contributed by atoms with E-state index in [-0.39, 0.29) is 17.4 Å². The fraction of sp³-hybridized carbons (Fsp3) is 0.385. The maximum Gasteiger partial charge on any atom is 0.336 e. The Balaban J connectivity index is 2.88. The van der Waals surface area contributed by atoms with Gasteiger partial charge in [-0.2, -0.15) is 0 Å². The summed E-state index contributed by atoms with van der Waals surface area (Å²) in [6, 6.07) is 4.81. The molecule has 1 aromatic rings. The number of carboxylic acids is 1. The van der Waals surface area contributed by atoms with Crippen LogP contribution in [0.4, 0.5) is 5.69 Å². The molecule has 1 amide bonds. The Kier molecular flexibility index (Phi) is 4.85. The van der Waals surface area contributed by atoms with Gasteiger partial charge in [0.05, 0.1) is 5.56 Å². The summed E-state index contributed by atoms with van der Waals surface area (Å²) in [5.41, 5.74) is 6.68. The highest BCUT2D eigenvalue weighted by molar-refractivity contribution is 5.96. The predicted octanol–water partition coefficient (Wildman–Crippen LogP) is 1.62. The van der Waals surface area contributed by atoms with Gasteiger partial charge >= 0.3 is 5.97 Å². The van der Waals surface area contributed by atoms with Gasteiger partial charge in [-0.3, -0.25) is 4.79 Å². The van der Waals surface area contributed by atoms with Crippen LogP contribution in [0.2, 0.25) is 0 Å². The van der Waals surface area contributed by atoms with Crippen LogP contribution in [0.25, 0.3) is 0 Å². The van der Waals surface area contributed by atoms with Gasteiger partial charge in [0.25, 0.3) is 0 Å². The number of hydrogen-bond acceptors (Lipinski definition) is 3. The lowest BCUT2D eigenvalue weighted by Crippen LogP contribution is -2.23. The molecule has 0 fully saturated rings. The molecule has 1 aromatic carbocycles. The van der Waals surface area contributed by atoms with E-state index >= 15 is 0 Å². The second-order valence-corrected chi connectivity index (χ2v) is 4.25. The molecule has 0 aliphatic rings. The Morgan fingerprint density at radius 2 is 2.11 bits per heavy atom. The quantitative estimate of drug-likeness (QED) is 0.740. The molecule has 0 bridgehead atoms. The van der Waals surface area contributed by atoms with Crippen LogP contribution in [0.1, 0.15) is 29.3 Å². The number of hydrogen-bond donors (Lipinski definition) is 3. The lowest BCUT2D eigenvalue weighted by molar-refractivity contribution is -0.119. The average molecular weight is 250 g/mol. The van der Waals surface area contributed by atoms with E-state index in [2.05, 4.69) is 5.32 Å². The van der Waals surface area contributed by atoms with Crippen molar-refractivity contribution >= 4 is 17.6 Å². The van der Waals surface area contributed by atoms with Crippen LogP contribution in [-0.2, 0) is 4.79 Å². The maximum absolute atomic E-state index is 11.8. The first-order valence-electron chi connectivity index (χ1n) is 5.81. The summed E-state index contributed by atoms with van der Waals surface area (Å²) in [6.07, 6.45) is 0.601. The molecule has 1 atom stereocenters. The lowest BCUT2D eigenvalue weighted by atomic mass is 10.0. The van der Waals surface area contributed by atoms with Gasteiger partial charge in [-0.1, -0.05) is 13.0 Å². The molecule has 18 heavy (non-hydrogen) atoms. The molecule has 0 saturated heterocycles. The molecule has 0 aliphatic carbocycles. The van der Waals surface area contributed by atoms with Crippen molar-refractivity contribution in [1.29, 1.82) is 0 Å². The first-order valence-corrected chi connectivity index (χ1v) is 5.81. The minimum Gasteiger partial charge on any atom is -0.478 e.